The highest BCUT2D eigenvalue weighted by Crippen LogP contribution is 1.91. The molecular formula is C7H15NO. The number of rotatable bonds is 4. The summed E-state index contributed by atoms with van der Waals surface area (Å²) in [4.78, 5) is 0. The summed E-state index contributed by atoms with van der Waals surface area (Å²) in [6.07, 6.45) is 5.03. The van der Waals surface area contributed by atoms with Gasteiger partial charge >= 0.3 is 0 Å². The van der Waals surface area contributed by atoms with Crippen molar-refractivity contribution < 1.29 is 5.11 Å². The molecule has 0 heterocycles. The summed E-state index contributed by atoms with van der Waals surface area (Å²) >= 11 is 0. The van der Waals surface area contributed by atoms with Crippen molar-refractivity contribution in [3.8, 4) is 0 Å². The third-order valence-electron chi connectivity index (χ3n) is 1.06. The van der Waals surface area contributed by atoms with Crippen molar-refractivity contribution >= 4 is 0 Å². The minimum atomic E-state index is -0.338. The van der Waals surface area contributed by atoms with Crippen LogP contribution in [0.3, 0.4) is 0 Å². The first-order valence-corrected chi connectivity index (χ1v) is 3.36. The van der Waals surface area contributed by atoms with E-state index in [4.69, 9.17) is 10.8 Å². The lowest BCUT2D eigenvalue weighted by molar-refractivity contribution is 0.215. The van der Waals surface area contributed by atoms with E-state index in [1.165, 1.54) is 0 Å². The Kier molecular flexibility index (Phi) is 5.57. The first-order chi connectivity index (χ1) is 4.31. The molecule has 0 saturated heterocycles. The fourth-order valence-electron chi connectivity index (χ4n) is 0.560. The van der Waals surface area contributed by atoms with Crippen molar-refractivity contribution in [2.24, 2.45) is 5.73 Å². The Balaban J connectivity index is 3.25. The summed E-state index contributed by atoms with van der Waals surface area (Å²) in [5.41, 5.74) is 5.21. The van der Waals surface area contributed by atoms with Crippen LogP contribution in [0.5, 0.6) is 0 Å². The minimum absolute atomic E-state index is 0.338. The van der Waals surface area contributed by atoms with Crippen LogP contribution < -0.4 is 5.73 Å². The zero-order valence-corrected chi connectivity index (χ0v) is 5.88. The van der Waals surface area contributed by atoms with Gasteiger partial charge in [0.25, 0.3) is 0 Å². The van der Waals surface area contributed by atoms with Crippen LogP contribution >= 0.6 is 0 Å². The van der Waals surface area contributed by atoms with Crippen LogP contribution in [-0.4, -0.2) is 17.8 Å². The molecule has 0 amide bonds. The number of hydrogen-bond acceptors (Lipinski definition) is 2. The summed E-state index contributed by atoms with van der Waals surface area (Å²) in [5.74, 6) is 0. The molecule has 2 nitrogen and oxygen atoms in total. The summed E-state index contributed by atoms with van der Waals surface area (Å²) in [5, 5.41) is 9.01. The van der Waals surface area contributed by atoms with Gasteiger partial charge in [0.2, 0.25) is 0 Å². The van der Waals surface area contributed by atoms with Gasteiger partial charge in [0.1, 0.15) is 0 Å². The van der Waals surface area contributed by atoms with Crippen molar-refractivity contribution in [1.82, 2.24) is 0 Å². The second-order valence-electron chi connectivity index (χ2n) is 1.98. The SMILES string of the molecule is CC/C=C/[C@H](O)CCN. The van der Waals surface area contributed by atoms with Crippen molar-refractivity contribution in [2.45, 2.75) is 25.9 Å². The molecule has 0 saturated carbocycles. The first kappa shape index (κ1) is 8.66. The summed E-state index contributed by atoms with van der Waals surface area (Å²) < 4.78 is 0. The molecule has 0 spiro atoms. The van der Waals surface area contributed by atoms with Crippen LogP contribution in [0.4, 0.5) is 0 Å². The molecule has 9 heavy (non-hydrogen) atoms. The average Bonchev–Trinajstić information content (AvgIpc) is 1.85. The zero-order chi connectivity index (χ0) is 7.11. The first-order valence-electron chi connectivity index (χ1n) is 3.36. The predicted molar refractivity (Wildman–Crippen MR) is 39.1 cm³/mol. The zero-order valence-electron chi connectivity index (χ0n) is 5.88. The molecule has 0 aromatic heterocycles. The lowest BCUT2D eigenvalue weighted by atomic mass is 10.2. The van der Waals surface area contributed by atoms with E-state index in [0.717, 1.165) is 6.42 Å². The van der Waals surface area contributed by atoms with Gasteiger partial charge in [-0.3, -0.25) is 0 Å². The molecule has 2 heteroatoms. The van der Waals surface area contributed by atoms with Gasteiger partial charge in [-0.15, -0.1) is 0 Å². The highest BCUT2D eigenvalue weighted by Gasteiger charge is 1.93. The second kappa shape index (κ2) is 5.79. The Bertz CT molecular complexity index is 81.0. The van der Waals surface area contributed by atoms with Crippen molar-refractivity contribution in [3.05, 3.63) is 12.2 Å². The highest BCUT2D eigenvalue weighted by atomic mass is 16.3. The Morgan fingerprint density at radius 3 is 2.78 bits per heavy atom. The molecule has 0 rings (SSSR count). The Labute approximate surface area is 56.4 Å². The minimum Gasteiger partial charge on any atom is -0.389 e. The topological polar surface area (TPSA) is 46.2 Å². The van der Waals surface area contributed by atoms with Crippen molar-refractivity contribution in [2.75, 3.05) is 6.54 Å². The molecule has 0 aromatic rings. The summed E-state index contributed by atoms with van der Waals surface area (Å²) in [6.45, 7) is 2.58. The van der Waals surface area contributed by atoms with Crippen LogP contribution in [0.15, 0.2) is 12.2 Å². The molecule has 0 aliphatic rings. The number of nitrogens with two attached hydrogens (primary N) is 1. The van der Waals surface area contributed by atoms with Gasteiger partial charge in [0.15, 0.2) is 0 Å². The van der Waals surface area contributed by atoms with Crippen molar-refractivity contribution in [1.29, 1.82) is 0 Å². The fraction of sp³-hybridized carbons (Fsp3) is 0.714. The molecule has 1 atom stereocenters. The quantitative estimate of drug-likeness (QED) is 0.548. The maximum absolute atomic E-state index is 9.01. The second-order valence-corrected chi connectivity index (χ2v) is 1.98. The fourth-order valence-corrected chi connectivity index (χ4v) is 0.560. The average molecular weight is 129 g/mol. The van der Waals surface area contributed by atoms with Gasteiger partial charge in [-0.05, 0) is 19.4 Å². The lowest BCUT2D eigenvalue weighted by Gasteiger charge is -1.99. The molecule has 0 fully saturated rings. The number of allylic oxidation sites excluding steroid dienone is 1. The van der Waals surface area contributed by atoms with Crippen LogP contribution in [0.2, 0.25) is 0 Å². The van der Waals surface area contributed by atoms with Gasteiger partial charge < -0.3 is 10.8 Å². The molecule has 0 unspecified atom stereocenters. The number of hydrogen-bond donors (Lipinski definition) is 2. The molecular weight excluding hydrogens is 114 g/mol. The highest BCUT2D eigenvalue weighted by molar-refractivity contribution is 4.87. The van der Waals surface area contributed by atoms with E-state index in [-0.39, 0.29) is 6.10 Å². The van der Waals surface area contributed by atoms with Crippen LogP contribution in [0.1, 0.15) is 19.8 Å². The summed E-state index contributed by atoms with van der Waals surface area (Å²) in [7, 11) is 0. The van der Waals surface area contributed by atoms with Crippen LogP contribution in [0, 0.1) is 0 Å². The van der Waals surface area contributed by atoms with E-state index in [0.29, 0.717) is 13.0 Å². The monoisotopic (exact) mass is 129 g/mol. The third-order valence-corrected chi connectivity index (χ3v) is 1.06. The van der Waals surface area contributed by atoms with E-state index in [9.17, 15) is 0 Å². The maximum Gasteiger partial charge on any atom is 0.0732 e. The smallest absolute Gasteiger partial charge is 0.0732 e. The molecule has 0 bridgehead atoms. The normalized spacial score (nSPS) is 14.6. The van der Waals surface area contributed by atoms with Crippen molar-refractivity contribution in [3.63, 3.8) is 0 Å². The van der Waals surface area contributed by atoms with Gasteiger partial charge in [0.05, 0.1) is 6.10 Å². The Hall–Kier alpha value is -0.340. The van der Waals surface area contributed by atoms with Crippen LogP contribution in [-0.2, 0) is 0 Å². The molecule has 0 aromatic carbocycles. The largest absolute Gasteiger partial charge is 0.389 e. The van der Waals surface area contributed by atoms with Gasteiger partial charge in [-0.25, -0.2) is 0 Å². The van der Waals surface area contributed by atoms with E-state index < -0.39 is 0 Å². The summed E-state index contributed by atoms with van der Waals surface area (Å²) in [6, 6.07) is 0. The number of aliphatic hydroxyl groups is 1. The molecule has 0 radical (unpaired) electrons. The standard InChI is InChI=1S/C7H15NO/c1-2-3-4-7(9)5-6-8/h3-4,7,9H,2,5-6,8H2,1H3/b4-3+/t7-/m0/s1. The number of aliphatic hydroxyl groups excluding tert-OH is 1. The van der Waals surface area contributed by atoms with Gasteiger partial charge in [-0.2, -0.15) is 0 Å². The van der Waals surface area contributed by atoms with E-state index in [1.807, 2.05) is 13.0 Å². The molecule has 54 valence electrons. The molecule has 0 aliphatic heterocycles. The van der Waals surface area contributed by atoms with E-state index in [2.05, 4.69) is 0 Å². The van der Waals surface area contributed by atoms with E-state index in [1.54, 1.807) is 6.08 Å². The Morgan fingerprint density at radius 1 is 1.67 bits per heavy atom. The van der Waals surface area contributed by atoms with Crippen LogP contribution in [0.25, 0.3) is 0 Å². The molecule has 0 aliphatic carbocycles. The van der Waals surface area contributed by atoms with Gasteiger partial charge in [0, 0.05) is 0 Å². The Morgan fingerprint density at radius 2 is 2.33 bits per heavy atom. The van der Waals surface area contributed by atoms with Gasteiger partial charge in [-0.1, -0.05) is 19.1 Å². The predicted octanol–water partition coefficient (Wildman–Crippen LogP) is 0.662. The molecule has 3 N–H and O–H groups in total. The van der Waals surface area contributed by atoms with E-state index >= 15 is 0 Å². The lowest BCUT2D eigenvalue weighted by Crippen LogP contribution is -2.10. The maximum atomic E-state index is 9.01. The third kappa shape index (κ3) is 5.53.